The van der Waals surface area contributed by atoms with Gasteiger partial charge in [-0.1, -0.05) is 36.9 Å². The van der Waals surface area contributed by atoms with Gasteiger partial charge in [-0.2, -0.15) is 0 Å². The molecule has 2 aromatic carbocycles. The second-order valence-corrected chi connectivity index (χ2v) is 7.60. The van der Waals surface area contributed by atoms with E-state index in [0.29, 0.717) is 12.3 Å². The van der Waals surface area contributed by atoms with E-state index in [1.165, 1.54) is 12.4 Å². The van der Waals surface area contributed by atoms with E-state index in [4.69, 9.17) is 4.74 Å². The van der Waals surface area contributed by atoms with Crippen LogP contribution in [-0.4, -0.2) is 25.8 Å². The number of fused-ring (bicyclic) bond motifs is 1. The molecule has 0 unspecified atom stereocenters. The smallest absolute Gasteiger partial charge is 0.247 e. The molecule has 2 N–H and O–H groups in total. The number of pyridine rings is 1. The molecule has 1 amide bonds. The van der Waals surface area contributed by atoms with Gasteiger partial charge in [-0.15, -0.1) is 0 Å². The Bertz CT molecular complexity index is 1480. The van der Waals surface area contributed by atoms with Crippen molar-refractivity contribution in [3.05, 3.63) is 104 Å². The summed E-state index contributed by atoms with van der Waals surface area (Å²) in [6.45, 7) is 3.84. The fourth-order valence-corrected chi connectivity index (χ4v) is 3.71. The van der Waals surface area contributed by atoms with Crippen LogP contribution in [0.25, 0.3) is 33.4 Å². The molecule has 0 bridgehead atoms. The molecule has 0 spiro atoms. The van der Waals surface area contributed by atoms with Crippen LogP contribution in [0.15, 0.2) is 98.2 Å². The van der Waals surface area contributed by atoms with Gasteiger partial charge in [0.15, 0.2) is 0 Å². The molecule has 0 aliphatic heterocycles. The second kappa shape index (κ2) is 9.38. The Morgan fingerprint density at radius 1 is 1.03 bits per heavy atom. The van der Waals surface area contributed by atoms with Crippen molar-refractivity contribution in [1.29, 1.82) is 0 Å². The Hall–Kier alpha value is -4.78. The third-order valence-corrected chi connectivity index (χ3v) is 5.36. The van der Waals surface area contributed by atoms with Crippen LogP contribution < -0.4 is 10.1 Å². The van der Waals surface area contributed by atoms with Crippen LogP contribution in [0.4, 0.5) is 5.69 Å². The summed E-state index contributed by atoms with van der Waals surface area (Å²) in [6.07, 6.45) is 8.25. The van der Waals surface area contributed by atoms with Gasteiger partial charge in [0.1, 0.15) is 24.3 Å². The molecule has 0 saturated carbocycles. The summed E-state index contributed by atoms with van der Waals surface area (Å²) in [5.41, 5.74) is 5.85. The lowest BCUT2D eigenvalue weighted by Crippen LogP contribution is -2.06. The normalized spacial score (nSPS) is 10.7. The Kier molecular flexibility index (Phi) is 5.82. The molecule has 7 heteroatoms. The fraction of sp³-hybridized carbons (Fsp3) is 0.0370. The van der Waals surface area contributed by atoms with Crippen LogP contribution in [0.1, 0.15) is 5.56 Å². The fourth-order valence-electron chi connectivity index (χ4n) is 3.71. The van der Waals surface area contributed by atoms with Gasteiger partial charge >= 0.3 is 0 Å². The number of ether oxygens (including phenoxy) is 1. The third-order valence-electron chi connectivity index (χ3n) is 5.36. The lowest BCUT2D eigenvalue weighted by atomic mass is 10.0. The Morgan fingerprint density at radius 3 is 2.76 bits per heavy atom. The molecular formula is C27H21N5O2. The highest BCUT2D eigenvalue weighted by atomic mass is 16.5. The standard InChI is InChI=1S/C27H21N5O2/c1-2-25(33)32-21-8-6-7-18(11-21)19-12-23-24(15-30-27(23)29-14-19)26-20(13-28-17-31-26)16-34-22-9-4-3-5-10-22/h2-15,17H,1,16H2,(H,29,30)(H,32,33). The average Bonchev–Trinajstić information content (AvgIpc) is 3.31. The highest BCUT2D eigenvalue weighted by molar-refractivity contribution is 5.99. The predicted molar refractivity (Wildman–Crippen MR) is 132 cm³/mol. The molecule has 3 heterocycles. The number of nitrogens with zero attached hydrogens (tertiary/aromatic N) is 3. The number of carbonyl (C=O) groups excluding carboxylic acids is 1. The van der Waals surface area contributed by atoms with E-state index in [1.54, 1.807) is 12.4 Å². The first-order chi connectivity index (χ1) is 16.7. The van der Waals surface area contributed by atoms with E-state index < -0.39 is 0 Å². The monoisotopic (exact) mass is 447 g/mol. The van der Waals surface area contributed by atoms with Crippen LogP contribution in [0.5, 0.6) is 5.75 Å². The molecule has 0 radical (unpaired) electrons. The summed E-state index contributed by atoms with van der Waals surface area (Å²) in [5.74, 6) is 0.524. The van der Waals surface area contributed by atoms with Crippen LogP contribution in [0, 0.1) is 0 Å². The average molecular weight is 447 g/mol. The number of hydrogen-bond acceptors (Lipinski definition) is 5. The van der Waals surface area contributed by atoms with Gasteiger partial charge in [0.05, 0.1) is 5.69 Å². The van der Waals surface area contributed by atoms with Gasteiger partial charge in [0, 0.05) is 46.4 Å². The van der Waals surface area contributed by atoms with Crippen molar-refractivity contribution in [1.82, 2.24) is 19.9 Å². The summed E-state index contributed by atoms with van der Waals surface area (Å²) >= 11 is 0. The van der Waals surface area contributed by atoms with Gasteiger partial charge in [-0.25, -0.2) is 15.0 Å². The maximum Gasteiger partial charge on any atom is 0.247 e. The van der Waals surface area contributed by atoms with Crippen molar-refractivity contribution in [2.75, 3.05) is 5.32 Å². The maximum absolute atomic E-state index is 11.7. The van der Waals surface area contributed by atoms with E-state index in [9.17, 15) is 4.79 Å². The molecule has 0 atom stereocenters. The van der Waals surface area contributed by atoms with Gasteiger partial charge in [-0.3, -0.25) is 4.79 Å². The zero-order chi connectivity index (χ0) is 23.3. The van der Waals surface area contributed by atoms with E-state index >= 15 is 0 Å². The van der Waals surface area contributed by atoms with Crippen molar-refractivity contribution in [2.24, 2.45) is 0 Å². The van der Waals surface area contributed by atoms with Crippen LogP contribution in [-0.2, 0) is 11.4 Å². The molecule has 7 nitrogen and oxygen atoms in total. The van der Waals surface area contributed by atoms with E-state index in [1.807, 2.05) is 60.8 Å². The molecule has 0 aliphatic rings. The first-order valence-electron chi connectivity index (χ1n) is 10.7. The van der Waals surface area contributed by atoms with Gasteiger partial charge in [0.25, 0.3) is 0 Å². The number of amides is 1. The summed E-state index contributed by atoms with van der Waals surface area (Å²) in [4.78, 5) is 28.3. The number of para-hydroxylation sites is 1. The zero-order valence-electron chi connectivity index (χ0n) is 18.2. The molecule has 5 aromatic rings. The lowest BCUT2D eigenvalue weighted by molar-refractivity contribution is -0.111. The Balaban J connectivity index is 1.50. The minimum atomic E-state index is -0.257. The van der Waals surface area contributed by atoms with Crippen LogP contribution in [0.2, 0.25) is 0 Å². The SMILES string of the molecule is C=CC(=O)Nc1cccc(-c2cnc3[nH]cc(-c4ncncc4COc4ccccc4)c3c2)c1. The summed E-state index contributed by atoms with van der Waals surface area (Å²) in [7, 11) is 0. The number of aromatic nitrogens is 4. The molecule has 0 fully saturated rings. The first-order valence-corrected chi connectivity index (χ1v) is 10.7. The molecule has 0 aliphatic carbocycles. The van der Waals surface area contributed by atoms with Gasteiger partial charge < -0.3 is 15.0 Å². The summed E-state index contributed by atoms with van der Waals surface area (Å²) < 4.78 is 5.94. The quantitative estimate of drug-likeness (QED) is 0.326. The number of H-pyrrole nitrogens is 1. The third kappa shape index (κ3) is 4.40. The molecule has 166 valence electrons. The van der Waals surface area contributed by atoms with Crippen molar-refractivity contribution in [3.8, 4) is 28.1 Å². The van der Waals surface area contributed by atoms with Crippen LogP contribution in [0.3, 0.4) is 0 Å². The number of nitrogens with one attached hydrogen (secondary N) is 2. The van der Waals surface area contributed by atoms with Crippen LogP contribution >= 0.6 is 0 Å². The number of carbonyl (C=O) groups is 1. The first kappa shape index (κ1) is 21.1. The van der Waals surface area contributed by atoms with Crippen molar-refractivity contribution in [2.45, 2.75) is 6.61 Å². The largest absolute Gasteiger partial charge is 0.489 e. The minimum Gasteiger partial charge on any atom is -0.489 e. The number of anilines is 1. The lowest BCUT2D eigenvalue weighted by Gasteiger charge is -2.10. The summed E-state index contributed by atoms with van der Waals surface area (Å²) in [5, 5.41) is 3.72. The van der Waals surface area contributed by atoms with E-state index in [0.717, 1.165) is 44.7 Å². The molecule has 3 aromatic heterocycles. The highest BCUT2D eigenvalue weighted by Crippen LogP contribution is 2.32. The molecular weight excluding hydrogens is 426 g/mol. The highest BCUT2D eigenvalue weighted by Gasteiger charge is 2.15. The van der Waals surface area contributed by atoms with Crippen molar-refractivity contribution < 1.29 is 9.53 Å². The van der Waals surface area contributed by atoms with Gasteiger partial charge in [-0.05, 0) is 42.0 Å². The number of benzene rings is 2. The van der Waals surface area contributed by atoms with E-state index in [2.05, 4.69) is 37.9 Å². The Labute approximate surface area is 196 Å². The molecule has 5 rings (SSSR count). The maximum atomic E-state index is 11.7. The van der Waals surface area contributed by atoms with Crippen molar-refractivity contribution in [3.63, 3.8) is 0 Å². The van der Waals surface area contributed by atoms with Gasteiger partial charge in [0.2, 0.25) is 5.91 Å². The second-order valence-electron chi connectivity index (χ2n) is 7.60. The number of hydrogen-bond donors (Lipinski definition) is 2. The number of aromatic amines is 1. The topological polar surface area (TPSA) is 92.8 Å². The zero-order valence-corrected chi connectivity index (χ0v) is 18.2. The van der Waals surface area contributed by atoms with E-state index in [-0.39, 0.29) is 5.91 Å². The Morgan fingerprint density at radius 2 is 1.91 bits per heavy atom. The molecule has 34 heavy (non-hydrogen) atoms. The van der Waals surface area contributed by atoms with Crippen molar-refractivity contribution >= 4 is 22.6 Å². The molecule has 0 saturated heterocycles. The summed E-state index contributed by atoms with van der Waals surface area (Å²) in [6, 6.07) is 19.3. The number of rotatable bonds is 7. The minimum absolute atomic E-state index is 0.257. The predicted octanol–water partition coefficient (Wildman–Crippen LogP) is 5.39.